The topological polar surface area (TPSA) is 165 Å². The van der Waals surface area contributed by atoms with Gasteiger partial charge in [0.1, 0.15) is 23.2 Å². The van der Waals surface area contributed by atoms with Crippen LogP contribution in [0.5, 0.6) is 0 Å². The molecule has 2 aromatic rings. The number of carbonyl (C=O) groups excluding carboxylic acids is 4. The van der Waals surface area contributed by atoms with Gasteiger partial charge in [0.15, 0.2) is 0 Å². The van der Waals surface area contributed by atoms with Crippen molar-refractivity contribution in [1.29, 1.82) is 5.26 Å². The summed E-state index contributed by atoms with van der Waals surface area (Å²) in [6, 6.07) is 10.5. The monoisotopic (exact) mass is 410 g/mol. The molecule has 2 rings (SSSR count). The van der Waals surface area contributed by atoms with E-state index in [0.29, 0.717) is 17.0 Å². The number of amides is 3. The molecule has 1 aromatic carbocycles. The number of ether oxygens (including phenoxy) is 1. The Bertz CT molecular complexity index is 1030. The first-order chi connectivity index (χ1) is 14.3. The zero-order valence-electron chi connectivity index (χ0n) is 15.9. The van der Waals surface area contributed by atoms with E-state index in [1.54, 1.807) is 13.0 Å². The number of rotatable bonds is 7. The summed E-state index contributed by atoms with van der Waals surface area (Å²) in [5.74, 6) is -2.71. The lowest BCUT2D eigenvalue weighted by Crippen LogP contribution is -2.34. The largest absolute Gasteiger partial charge is 0.462 e. The second-order valence-corrected chi connectivity index (χ2v) is 5.77. The van der Waals surface area contributed by atoms with Gasteiger partial charge in [-0.2, -0.15) is 5.26 Å². The Labute approximate surface area is 171 Å². The first-order valence-corrected chi connectivity index (χ1v) is 8.70. The highest BCUT2D eigenvalue weighted by Gasteiger charge is 2.15. The molecule has 0 atom stereocenters. The molecule has 10 nitrogen and oxygen atoms in total. The summed E-state index contributed by atoms with van der Waals surface area (Å²) in [6.45, 7) is 1.84. The second-order valence-electron chi connectivity index (χ2n) is 5.77. The summed E-state index contributed by atoms with van der Waals surface area (Å²) >= 11 is 0. The maximum atomic E-state index is 12.0. The second kappa shape index (κ2) is 10.2. The fourth-order valence-corrected chi connectivity index (χ4v) is 2.21. The molecule has 0 radical (unpaired) electrons. The van der Waals surface area contributed by atoms with Crippen LogP contribution in [-0.2, 0) is 25.7 Å². The van der Waals surface area contributed by atoms with E-state index in [0.717, 1.165) is 0 Å². The van der Waals surface area contributed by atoms with Crippen molar-refractivity contribution in [2.75, 3.05) is 11.9 Å². The van der Waals surface area contributed by atoms with Gasteiger partial charge in [-0.1, -0.05) is 0 Å². The highest BCUT2D eigenvalue weighted by molar-refractivity contribution is 6.39. The quantitative estimate of drug-likeness (QED) is 0.266. The van der Waals surface area contributed by atoms with Crippen LogP contribution in [0, 0.1) is 11.3 Å². The summed E-state index contributed by atoms with van der Waals surface area (Å²) in [7, 11) is 0. The molecule has 0 unspecified atom stereocenters. The average Bonchev–Trinajstić information content (AvgIpc) is 3.18. The van der Waals surface area contributed by atoms with E-state index in [4.69, 9.17) is 20.1 Å². The summed E-state index contributed by atoms with van der Waals surface area (Å²) in [5.41, 5.74) is 5.39. The van der Waals surface area contributed by atoms with Crippen LogP contribution >= 0.6 is 0 Å². The minimum atomic E-state index is -0.911. The average molecular weight is 410 g/mol. The van der Waals surface area contributed by atoms with Crippen molar-refractivity contribution in [1.82, 2.24) is 5.32 Å². The van der Waals surface area contributed by atoms with Crippen molar-refractivity contribution >= 4 is 35.5 Å². The van der Waals surface area contributed by atoms with Crippen LogP contribution in [0.4, 0.5) is 5.69 Å². The van der Waals surface area contributed by atoms with E-state index < -0.39 is 23.7 Å². The molecule has 0 aliphatic rings. The molecule has 0 saturated carbocycles. The van der Waals surface area contributed by atoms with E-state index in [1.165, 1.54) is 42.5 Å². The molecule has 0 spiro atoms. The number of hydrogen-bond acceptors (Lipinski definition) is 7. The van der Waals surface area contributed by atoms with Gasteiger partial charge in [-0.25, -0.2) is 4.79 Å². The molecule has 10 heteroatoms. The number of primary amides is 1. The Hall–Kier alpha value is -4.39. The zero-order chi connectivity index (χ0) is 22.1. The predicted octanol–water partition coefficient (Wildman–Crippen LogP) is 1.10. The maximum Gasteiger partial charge on any atom is 0.338 e. The molecule has 30 heavy (non-hydrogen) atoms. The minimum Gasteiger partial charge on any atom is -0.462 e. The van der Waals surface area contributed by atoms with Crippen LogP contribution in [0.15, 0.2) is 46.4 Å². The van der Waals surface area contributed by atoms with Crippen LogP contribution in [0.25, 0.3) is 6.08 Å². The Morgan fingerprint density at radius 2 is 1.83 bits per heavy atom. The standard InChI is InChI=1S/C20H18N4O6/c1-2-29-20(28)12-3-5-14(6-4-12)24-19(27)18(26)23-11-16-8-7-15(30-16)9-13(10-21)17(22)25/h3-9H,2,11H2,1H3,(H2,22,25)(H,23,26)(H,24,27). The molecular weight excluding hydrogens is 392 g/mol. The van der Waals surface area contributed by atoms with Crippen LogP contribution in [-0.4, -0.2) is 30.3 Å². The van der Waals surface area contributed by atoms with E-state index in [-0.39, 0.29) is 24.5 Å². The SMILES string of the molecule is CCOC(=O)c1ccc(NC(=O)C(=O)NCc2ccc(C=C(C#N)C(N)=O)o2)cc1. The highest BCUT2D eigenvalue weighted by atomic mass is 16.5. The Morgan fingerprint density at radius 1 is 1.13 bits per heavy atom. The fourth-order valence-electron chi connectivity index (χ4n) is 2.21. The molecule has 3 amide bonds. The number of furan rings is 1. The number of anilines is 1. The van der Waals surface area contributed by atoms with Crippen LogP contribution in [0.2, 0.25) is 0 Å². The van der Waals surface area contributed by atoms with Crippen LogP contribution in [0.3, 0.4) is 0 Å². The lowest BCUT2D eigenvalue weighted by Gasteiger charge is -2.07. The van der Waals surface area contributed by atoms with Crippen LogP contribution < -0.4 is 16.4 Å². The summed E-state index contributed by atoms with van der Waals surface area (Å²) in [5, 5.41) is 13.6. The van der Waals surface area contributed by atoms with E-state index >= 15 is 0 Å². The number of benzene rings is 1. The summed E-state index contributed by atoms with van der Waals surface area (Å²) in [4.78, 5) is 46.5. The van der Waals surface area contributed by atoms with Crippen molar-refractivity contribution in [2.24, 2.45) is 5.73 Å². The number of nitrogens with one attached hydrogen (secondary N) is 2. The van der Waals surface area contributed by atoms with Gasteiger partial charge in [-0.05, 0) is 43.3 Å². The molecule has 1 heterocycles. The van der Waals surface area contributed by atoms with Crippen molar-refractivity contribution < 1.29 is 28.3 Å². The third-order valence-electron chi connectivity index (χ3n) is 3.64. The van der Waals surface area contributed by atoms with E-state index in [9.17, 15) is 19.2 Å². The number of nitriles is 1. The normalized spacial score (nSPS) is 10.6. The Morgan fingerprint density at radius 3 is 2.43 bits per heavy atom. The van der Waals surface area contributed by atoms with Crippen molar-refractivity contribution in [3.63, 3.8) is 0 Å². The van der Waals surface area contributed by atoms with Gasteiger partial charge in [0.25, 0.3) is 5.91 Å². The predicted molar refractivity (Wildman–Crippen MR) is 104 cm³/mol. The van der Waals surface area contributed by atoms with Crippen molar-refractivity contribution in [3.8, 4) is 6.07 Å². The molecule has 154 valence electrons. The fraction of sp³-hybridized carbons (Fsp3) is 0.150. The molecule has 0 saturated heterocycles. The lowest BCUT2D eigenvalue weighted by molar-refractivity contribution is -0.136. The lowest BCUT2D eigenvalue weighted by atomic mass is 10.2. The number of carbonyl (C=O) groups is 4. The van der Waals surface area contributed by atoms with Crippen LogP contribution in [0.1, 0.15) is 28.8 Å². The zero-order valence-corrected chi connectivity index (χ0v) is 15.9. The summed E-state index contributed by atoms with van der Waals surface area (Å²) < 4.78 is 10.2. The highest BCUT2D eigenvalue weighted by Crippen LogP contribution is 2.12. The third kappa shape index (κ3) is 6.07. The minimum absolute atomic E-state index is 0.0969. The van der Waals surface area contributed by atoms with Gasteiger partial charge in [0.05, 0.1) is 18.7 Å². The first-order valence-electron chi connectivity index (χ1n) is 8.70. The van der Waals surface area contributed by atoms with Gasteiger partial charge in [-0.15, -0.1) is 0 Å². The number of nitrogens with two attached hydrogens (primary N) is 1. The maximum absolute atomic E-state index is 12.0. The van der Waals surface area contributed by atoms with Gasteiger partial charge < -0.3 is 25.5 Å². The smallest absolute Gasteiger partial charge is 0.338 e. The molecule has 0 bridgehead atoms. The van der Waals surface area contributed by atoms with Gasteiger partial charge in [0.2, 0.25) is 0 Å². The van der Waals surface area contributed by atoms with Crippen molar-refractivity contribution in [3.05, 3.63) is 59.1 Å². The van der Waals surface area contributed by atoms with Gasteiger partial charge in [-0.3, -0.25) is 14.4 Å². The molecule has 4 N–H and O–H groups in total. The number of hydrogen-bond donors (Lipinski definition) is 3. The molecule has 0 fully saturated rings. The van der Waals surface area contributed by atoms with E-state index in [2.05, 4.69) is 10.6 Å². The van der Waals surface area contributed by atoms with E-state index in [1.807, 2.05) is 0 Å². The summed E-state index contributed by atoms with van der Waals surface area (Å²) in [6.07, 6.45) is 1.17. The number of esters is 1. The molecule has 0 aliphatic carbocycles. The van der Waals surface area contributed by atoms with Crippen molar-refractivity contribution in [2.45, 2.75) is 13.5 Å². The Balaban J connectivity index is 1.90. The first kappa shape index (κ1) is 21.9. The molecule has 1 aromatic heterocycles. The Kier molecular flexibility index (Phi) is 7.47. The number of nitrogens with zero attached hydrogens (tertiary/aromatic N) is 1. The van der Waals surface area contributed by atoms with Gasteiger partial charge >= 0.3 is 17.8 Å². The van der Waals surface area contributed by atoms with Gasteiger partial charge in [0, 0.05) is 11.8 Å². The molecule has 0 aliphatic heterocycles. The third-order valence-corrected chi connectivity index (χ3v) is 3.64. The molecular formula is C20H18N4O6.